The topological polar surface area (TPSA) is 16.4 Å². The van der Waals surface area contributed by atoms with Crippen LogP contribution in [-0.4, -0.2) is 0 Å². The Kier molecular flexibility index (Phi) is 4.98. The summed E-state index contributed by atoms with van der Waals surface area (Å²) in [5.41, 5.74) is 19.4. The fourth-order valence-electron chi connectivity index (χ4n) is 8.16. The highest BCUT2D eigenvalue weighted by molar-refractivity contribution is 6.21. The lowest BCUT2D eigenvalue weighted by Crippen LogP contribution is -2.12. The molecule has 5 aromatic carbocycles. The number of para-hydroxylation sites is 3. The van der Waals surface area contributed by atoms with Gasteiger partial charge >= 0.3 is 0 Å². The normalized spacial score (nSPS) is 16.4. The van der Waals surface area contributed by atoms with E-state index < -0.39 is 0 Å². The van der Waals surface area contributed by atoms with Crippen molar-refractivity contribution >= 4 is 61.3 Å². The van der Waals surface area contributed by atoms with Crippen molar-refractivity contribution in [2.75, 3.05) is 4.90 Å². The van der Waals surface area contributed by atoms with Gasteiger partial charge in [-0.15, -0.1) is 0 Å². The second kappa shape index (κ2) is 9.08. The molecule has 0 fully saturated rings. The van der Waals surface area contributed by atoms with Gasteiger partial charge in [0.25, 0.3) is 0 Å². The first-order valence-electron chi connectivity index (χ1n) is 15.7. The van der Waals surface area contributed by atoms with Gasteiger partial charge in [0.05, 0.1) is 5.69 Å². The van der Waals surface area contributed by atoms with Gasteiger partial charge in [-0.2, -0.15) is 0 Å². The minimum Gasteiger partial charge on any atom is -0.454 e. The van der Waals surface area contributed by atoms with E-state index in [-0.39, 0.29) is 0 Å². The third-order valence-electron chi connectivity index (χ3n) is 9.93. The summed E-state index contributed by atoms with van der Waals surface area (Å²) in [5, 5.41) is 2.28. The maximum absolute atomic E-state index is 6.59. The zero-order valence-electron chi connectivity index (χ0n) is 24.3. The summed E-state index contributed by atoms with van der Waals surface area (Å²) in [7, 11) is 0. The summed E-state index contributed by atoms with van der Waals surface area (Å²) in [6, 6.07) is 41.8. The molecule has 2 nitrogen and oxygen atoms in total. The molecule has 4 aliphatic rings. The number of allylic oxidation sites excluding steroid dienone is 8. The predicted molar refractivity (Wildman–Crippen MR) is 183 cm³/mol. The molecule has 10 rings (SSSR count). The number of benzene rings is 5. The molecule has 1 heterocycles. The number of hydrogen-bond donors (Lipinski definition) is 0. The van der Waals surface area contributed by atoms with Crippen LogP contribution in [0.3, 0.4) is 0 Å². The van der Waals surface area contributed by atoms with E-state index in [1.807, 2.05) is 6.07 Å². The van der Waals surface area contributed by atoms with Crippen molar-refractivity contribution in [1.82, 2.24) is 0 Å². The average Bonchev–Trinajstić information content (AvgIpc) is 3.42. The molecule has 1 aromatic heterocycles. The Morgan fingerprint density at radius 2 is 1.23 bits per heavy atom. The second-order valence-corrected chi connectivity index (χ2v) is 12.2. The molecule has 44 heavy (non-hydrogen) atoms. The molecule has 0 amide bonds. The molecule has 0 N–H and O–H groups in total. The first-order valence-corrected chi connectivity index (χ1v) is 15.7. The van der Waals surface area contributed by atoms with Crippen LogP contribution in [0.4, 0.5) is 17.1 Å². The molecule has 0 spiro atoms. The number of hydrogen-bond acceptors (Lipinski definition) is 2. The van der Waals surface area contributed by atoms with Crippen LogP contribution in [0.15, 0.2) is 143 Å². The van der Waals surface area contributed by atoms with Crippen LogP contribution in [0.5, 0.6) is 0 Å². The lowest BCUT2D eigenvalue weighted by molar-refractivity contribution is 0.669. The van der Waals surface area contributed by atoms with Crippen molar-refractivity contribution in [1.29, 1.82) is 0 Å². The van der Waals surface area contributed by atoms with Gasteiger partial charge in [0.2, 0.25) is 0 Å². The number of rotatable bonds is 3. The summed E-state index contributed by atoms with van der Waals surface area (Å²) in [6.45, 7) is 0. The van der Waals surface area contributed by atoms with Gasteiger partial charge in [0.1, 0.15) is 5.58 Å². The van der Waals surface area contributed by atoms with E-state index in [1.165, 1.54) is 55.7 Å². The van der Waals surface area contributed by atoms with Gasteiger partial charge in [0.15, 0.2) is 5.58 Å². The number of fused-ring (bicyclic) bond motifs is 7. The summed E-state index contributed by atoms with van der Waals surface area (Å²) in [6.07, 6.45) is 9.36. The van der Waals surface area contributed by atoms with Crippen LogP contribution in [0.2, 0.25) is 0 Å². The van der Waals surface area contributed by atoms with Crippen LogP contribution in [-0.2, 0) is 0 Å². The van der Waals surface area contributed by atoms with Crippen LogP contribution in [0.25, 0.3) is 44.2 Å². The Morgan fingerprint density at radius 3 is 2.14 bits per heavy atom. The van der Waals surface area contributed by atoms with Gasteiger partial charge in [-0.05, 0) is 118 Å². The zero-order chi connectivity index (χ0) is 28.8. The third kappa shape index (κ3) is 3.26. The molecule has 0 saturated heterocycles. The van der Waals surface area contributed by atoms with Crippen LogP contribution in [0.1, 0.15) is 47.9 Å². The number of anilines is 3. The molecular weight excluding hydrogens is 534 g/mol. The second-order valence-electron chi connectivity index (χ2n) is 12.2. The maximum atomic E-state index is 6.59. The minimum atomic E-state index is 0.908. The highest BCUT2D eigenvalue weighted by Gasteiger charge is 2.37. The molecule has 6 aromatic rings. The molecule has 208 valence electrons. The maximum Gasteiger partial charge on any atom is 0.159 e. The van der Waals surface area contributed by atoms with Crippen molar-refractivity contribution in [3.8, 4) is 0 Å². The van der Waals surface area contributed by atoms with Crippen molar-refractivity contribution in [3.63, 3.8) is 0 Å². The first kappa shape index (κ1) is 24.1. The summed E-state index contributed by atoms with van der Waals surface area (Å²) in [4.78, 5) is 2.38. The molecule has 2 heteroatoms. The van der Waals surface area contributed by atoms with E-state index in [2.05, 4.69) is 126 Å². The van der Waals surface area contributed by atoms with Crippen molar-refractivity contribution in [2.45, 2.75) is 25.7 Å². The Labute approximate surface area is 256 Å². The summed E-state index contributed by atoms with van der Waals surface area (Å²) in [5.74, 6) is 0. The highest BCUT2D eigenvalue weighted by Crippen LogP contribution is 2.58. The highest BCUT2D eigenvalue weighted by atomic mass is 16.3. The van der Waals surface area contributed by atoms with E-state index in [1.54, 1.807) is 0 Å². The quantitative estimate of drug-likeness (QED) is 0.213. The molecule has 6 bridgehead atoms. The fraction of sp³-hybridized carbons (Fsp3) is 0.0952. The van der Waals surface area contributed by atoms with Crippen LogP contribution < -0.4 is 4.90 Å². The Bertz CT molecular complexity index is 2320. The number of nitrogens with zero attached hydrogens (tertiary/aromatic N) is 1. The van der Waals surface area contributed by atoms with E-state index in [4.69, 9.17) is 4.42 Å². The number of furan rings is 1. The largest absolute Gasteiger partial charge is 0.454 e. The molecular formula is C42H29NO. The van der Waals surface area contributed by atoms with Gasteiger partial charge in [-0.3, -0.25) is 0 Å². The van der Waals surface area contributed by atoms with Crippen LogP contribution >= 0.6 is 0 Å². The van der Waals surface area contributed by atoms with E-state index in [9.17, 15) is 0 Å². The standard InChI is InChI=1S/C42H29NO/c1-2-11-26(12-3-1)43(38-21-10-20-36-30-14-6-7-22-39(30)44-42(36)38)27-23-24-29-33-17-9-18-34-35-19-8-16-32(41(35)37(29)25-27)28-13-4-5-15-31(28)40(33)34/h1-7,10-15,17,19-25H,8-9,16,18H2. The lowest BCUT2D eigenvalue weighted by atomic mass is 9.78. The van der Waals surface area contributed by atoms with Crippen LogP contribution in [0, 0.1) is 0 Å². The van der Waals surface area contributed by atoms with E-state index >= 15 is 0 Å². The predicted octanol–water partition coefficient (Wildman–Crippen LogP) is 11.6. The molecule has 0 unspecified atom stereocenters. The average molecular weight is 564 g/mol. The van der Waals surface area contributed by atoms with Gasteiger partial charge in [-0.1, -0.05) is 91.0 Å². The zero-order valence-corrected chi connectivity index (χ0v) is 24.3. The van der Waals surface area contributed by atoms with Gasteiger partial charge in [0, 0.05) is 22.1 Å². The third-order valence-corrected chi connectivity index (χ3v) is 9.93. The fourth-order valence-corrected chi connectivity index (χ4v) is 8.16. The SMILES string of the molecule is C1=C2C3=C4C(=CCC3)c3ccc(N(c5ccccc5)c5cccc6c5oc5ccccc56)cc3C2=C(CC1)c1ccccc14. The Hall–Kier alpha value is -5.34. The lowest BCUT2D eigenvalue weighted by Gasteiger charge is -2.29. The summed E-state index contributed by atoms with van der Waals surface area (Å²) < 4.78 is 6.59. The van der Waals surface area contributed by atoms with E-state index in [0.717, 1.165) is 64.7 Å². The van der Waals surface area contributed by atoms with Crippen molar-refractivity contribution in [3.05, 3.63) is 161 Å². The van der Waals surface area contributed by atoms with Gasteiger partial charge in [-0.25, -0.2) is 0 Å². The van der Waals surface area contributed by atoms with Crippen molar-refractivity contribution < 1.29 is 4.42 Å². The van der Waals surface area contributed by atoms with Crippen molar-refractivity contribution in [2.24, 2.45) is 0 Å². The summed E-state index contributed by atoms with van der Waals surface area (Å²) >= 11 is 0. The smallest absolute Gasteiger partial charge is 0.159 e. The molecule has 0 atom stereocenters. The molecule has 0 saturated carbocycles. The van der Waals surface area contributed by atoms with Gasteiger partial charge < -0.3 is 9.32 Å². The Morgan fingerprint density at radius 1 is 0.500 bits per heavy atom. The Balaban J connectivity index is 1.27. The monoisotopic (exact) mass is 563 g/mol. The molecule has 0 aliphatic heterocycles. The molecule has 0 radical (unpaired) electrons. The first-order chi connectivity index (χ1) is 21.8. The minimum absolute atomic E-state index is 0.908. The molecule has 4 aliphatic carbocycles. The van der Waals surface area contributed by atoms with E-state index in [0.29, 0.717) is 0 Å².